The molecular weight excluding hydrogens is 226 g/mol. The van der Waals surface area contributed by atoms with E-state index < -0.39 is 11.6 Å². The predicted octanol–water partition coefficient (Wildman–Crippen LogP) is 1.74. The SMILES string of the molecule is Cn1c2c(c3c(F)ccc(F)c31)C(=O)NCC2. The van der Waals surface area contributed by atoms with E-state index in [0.717, 1.165) is 12.1 Å². The second-order valence-electron chi connectivity index (χ2n) is 4.14. The Morgan fingerprint density at radius 3 is 2.76 bits per heavy atom. The van der Waals surface area contributed by atoms with E-state index in [1.54, 1.807) is 11.6 Å². The molecule has 17 heavy (non-hydrogen) atoms. The van der Waals surface area contributed by atoms with Gasteiger partial charge in [0.05, 0.1) is 16.5 Å². The Balaban J connectivity index is 2.54. The minimum absolute atomic E-state index is 0.0831. The van der Waals surface area contributed by atoms with E-state index in [-0.39, 0.29) is 22.4 Å². The van der Waals surface area contributed by atoms with Crippen LogP contribution in [0.25, 0.3) is 10.9 Å². The molecule has 1 amide bonds. The number of nitrogens with zero attached hydrogens (tertiary/aromatic N) is 1. The summed E-state index contributed by atoms with van der Waals surface area (Å²) in [5.41, 5.74) is 1.12. The van der Waals surface area contributed by atoms with Gasteiger partial charge in [-0.15, -0.1) is 0 Å². The molecule has 0 saturated heterocycles. The lowest BCUT2D eigenvalue weighted by Crippen LogP contribution is -2.32. The Hall–Kier alpha value is -1.91. The number of carbonyl (C=O) groups is 1. The van der Waals surface area contributed by atoms with Gasteiger partial charge in [-0.1, -0.05) is 0 Å². The summed E-state index contributed by atoms with van der Waals surface area (Å²) >= 11 is 0. The van der Waals surface area contributed by atoms with Crippen molar-refractivity contribution in [3.05, 3.63) is 35.0 Å². The van der Waals surface area contributed by atoms with Gasteiger partial charge in [-0.05, 0) is 12.1 Å². The number of aromatic nitrogens is 1. The molecule has 3 nitrogen and oxygen atoms in total. The second-order valence-corrected chi connectivity index (χ2v) is 4.14. The maximum Gasteiger partial charge on any atom is 0.253 e. The molecule has 0 atom stereocenters. The Bertz CT molecular complexity index is 646. The van der Waals surface area contributed by atoms with Crippen LogP contribution in [0.4, 0.5) is 8.78 Å². The van der Waals surface area contributed by atoms with Crippen molar-refractivity contribution in [1.29, 1.82) is 0 Å². The van der Waals surface area contributed by atoms with Crippen LogP contribution in [0, 0.1) is 11.6 Å². The topological polar surface area (TPSA) is 34.0 Å². The molecule has 3 rings (SSSR count). The summed E-state index contributed by atoms with van der Waals surface area (Å²) in [5.74, 6) is -1.40. The zero-order valence-electron chi connectivity index (χ0n) is 9.18. The van der Waals surface area contributed by atoms with Crippen molar-refractivity contribution < 1.29 is 13.6 Å². The number of rotatable bonds is 0. The van der Waals surface area contributed by atoms with Gasteiger partial charge in [0.2, 0.25) is 0 Å². The first kappa shape index (κ1) is 10.3. The molecule has 2 heterocycles. The van der Waals surface area contributed by atoms with Crippen LogP contribution >= 0.6 is 0 Å². The highest BCUT2D eigenvalue weighted by molar-refractivity contribution is 6.09. The zero-order chi connectivity index (χ0) is 12.2. The number of halogens is 2. The van der Waals surface area contributed by atoms with Crippen molar-refractivity contribution in [1.82, 2.24) is 9.88 Å². The maximum absolute atomic E-state index is 13.8. The van der Waals surface area contributed by atoms with Crippen LogP contribution in [0.3, 0.4) is 0 Å². The van der Waals surface area contributed by atoms with Gasteiger partial charge in [-0.3, -0.25) is 4.79 Å². The normalized spacial score (nSPS) is 14.9. The summed E-state index contributed by atoms with van der Waals surface area (Å²) in [4.78, 5) is 11.8. The molecule has 1 aliphatic rings. The third kappa shape index (κ3) is 1.22. The van der Waals surface area contributed by atoms with Gasteiger partial charge in [-0.25, -0.2) is 8.78 Å². The first-order chi connectivity index (χ1) is 8.11. The van der Waals surface area contributed by atoms with Crippen molar-refractivity contribution in [2.75, 3.05) is 6.54 Å². The number of nitrogens with one attached hydrogen (secondary N) is 1. The van der Waals surface area contributed by atoms with Crippen LogP contribution in [0.1, 0.15) is 16.1 Å². The Kier molecular flexibility index (Phi) is 1.98. The van der Waals surface area contributed by atoms with Crippen molar-refractivity contribution >= 4 is 16.8 Å². The van der Waals surface area contributed by atoms with Crippen LogP contribution < -0.4 is 5.32 Å². The monoisotopic (exact) mass is 236 g/mol. The van der Waals surface area contributed by atoms with Gasteiger partial charge in [0.1, 0.15) is 11.6 Å². The third-order valence-corrected chi connectivity index (χ3v) is 3.23. The summed E-state index contributed by atoms with van der Waals surface area (Å²) in [5, 5.41) is 2.73. The summed E-state index contributed by atoms with van der Waals surface area (Å²) < 4.78 is 29.1. The van der Waals surface area contributed by atoms with E-state index in [1.165, 1.54) is 0 Å². The Morgan fingerprint density at radius 2 is 2.00 bits per heavy atom. The average molecular weight is 236 g/mol. The van der Waals surface area contributed by atoms with Gasteiger partial charge in [-0.2, -0.15) is 0 Å². The lowest BCUT2D eigenvalue weighted by molar-refractivity contribution is 0.0946. The van der Waals surface area contributed by atoms with Crippen LogP contribution in [0.5, 0.6) is 0 Å². The van der Waals surface area contributed by atoms with Gasteiger partial charge >= 0.3 is 0 Å². The first-order valence-corrected chi connectivity index (χ1v) is 5.34. The van der Waals surface area contributed by atoms with Crippen LogP contribution in [0.15, 0.2) is 12.1 Å². The minimum atomic E-state index is -0.560. The van der Waals surface area contributed by atoms with Crippen molar-refractivity contribution in [3.63, 3.8) is 0 Å². The fraction of sp³-hybridized carbons (Fsp3) is 0.250. The zero-order valence-corrected chi connectivity index (χ0v) is 9.18. The van der Waals surface area contributed by atoms with Gasteiger partial charge < -0.3 is 9.88 Å². The number of hydrogen-bond donors (Lipinski definition) is 1. The summed E-state index contributed by atoms with van der Waals surface area (Å²) in [6.07, 6.45) is 0.588. The molecule has 0 saturated carbocycles. The lowest BCUT2D eigenvalue weighted by atomic mass is 10.0. The van der Waals surface area contributed by atoms with Gasteiger partial charge in [0, 0.05) is 25.7 Å². The second kappa shape index (κ2) is 3.29. The summed E-state index contributed by atoms with van der Waals surface area (Å²) in [6, 6.07) is 2.14. The minimum Gasteiger partial charge on any atom is -0.352 e. The molecule has 0 unspecified atom stereocenters. The standard InChI is InChI=1S/C12H10F2N2O/c1-16-8-4-5-15-12(17)10(8)9-6(13)2-3-7(14)11(9)16/h2-3H,4-5H2,1H3,(H,15,17). The van der Waals surface area contributed by atoms with E-state index in [4.69, 9.17) is 0 Å². The predicted molar refractivity (Wildman–Crippen MR) is 58.9 cm³/mol. The largest absolute Gasteiger partial charge is 0.352 e. The molecule has 1 aromatic carbocycles. The highest BCUT2D eigenvalue weighted by atomic mass is 19.1. The fourth-order valence-electron chi connectivity index (χ4n) is 2.47. The smallest absolute Gasteiger partial charge is 0.253 e. The number of carbonyl (C=O) groups excluding carboxylic acids is 1. The van der Waals surface area contributed by atoms with Crippen molar-refractivity contribution in [3.8, 4) is 0 Å². The average Bonchev–Trinajstić information content (AvgIpc) is 2.61. The molecule has 5 heteroatoms. The van der Waals surface area contributed by atoms with Crippen molar-refractivity contribution in [2.24, 2.45) is 7.05 Å². The fourth-order valence-corrected chi connectivity index (χ4v) is 2.47. The summed E-state index contributed by atoms with van der Waals surface area (Å²) in [7, 11) is 1.66. The Labute approximate surface area is 96.0 Å². The van der Waals surface area contributed by atoms with Crippen molar-refractivity contribution in [2.45, 2.75) is 6.42 Å². The molecule has 0 radical (unpaired) electrons. The molecule has 1 aromatic heterocycles. The first-order valence-electron chi connectivity index (χ1n) is 5.34. The molecule has 0 fully saturated rings. The molecule has 1 N–H and O–H groups in total. The molecule has 1 aliphatic heterocycles. The molecule has 0 spiro atoms. The number of aryl methyl sites for hydroxylation is 1. The Morgan fingerprint density at radius 1 is 1.29 bits per heavy atom. The number of fused-ring (bicyclic) bond motifs is 3. The van der Waals surface area contributed by atoms with Crippen LogP contribution in [0.2, 0.25) is 0 Å². The summed E-state index contributed by atoms with van der Waals surface area (Å²) in [6.45, 7) is 0.499. The quantitative estimate of drug-likeness (QED) is 0.742. The van der Waals surface area contributed by atoms with Crippen LogP contribution in [-0.2, 0) is 13.5 Å². The number of hydrogen-bond acceptors (Lipinski definition) is 1. The van der Waals surface area contributed by atoms with E-state index in [0.29, 0.717) is 18.7 Å². The van der Waals surface area contributed by atoms with E-state index in [9.17, 15) is 13.6 Å². The van der Waals surface area contributed by atoms with Crippen LogP contribution in [-0.4, -0.2) is 17.0 Å². The maximum atomic E-state index is 13.8. The third-order valence-electron chi connectivity index (χ3n) is 3.23. The van der Waals surface area contributed by atoms with E-state index >= 15 is 0 Å². The van der Waals surface area contributed by atoms with E-state index in [2.05, 4.69) is 5.32 Å². The molecule has 0 bridgehead atoms. The lowest BCUT2D eigenvalue weighted by Gasteiger charge is -2.14. The molecule has 2 aromatic rings. The number of benzene rings is 1. The van der Waals surface area contributed by atoms with E-state index in [1.807, 2.05) is 0 Å². The molecule has 0 aliphatic carbocycles. The highest BCUT2D eigenvalue weighted by Gasteiger charge is 2.27. The number of amides is 1. The highest BCUT2D eigenvalue weighted by Crippen LogP contribution is 2.31. The van der Waals surface area contributed by atoms with Gasteiger partial charge in [0.15, 0.2) is 0 Å². The molecule has 88 valence electrons. The van der Waals surface area contributed by atoms with Gasteiger partial charge in [0.25, 0.3) is 5.91 Å². The molecular formula is C12H10F2N2O.